The normalized spacial score (nSPS) is 14.1. The number of hydrogen-bond donors (Lipinski definition) is 0. The highest BCUT2D eigenvalue weighted by Crippen LogP contribution is 2.13. The summed E-state index contributed by atoms with van der Waals surface area (Å²) in [5, 5.41) is 0.142. The second-order valence-electron chi connectivity index (χ2n) is 3.96. The number of carbonyl (C=O) groups is 1. The minimum absolute atomic E-state index is 0.142. The van der Waals surface area contributed by atoms with Crippen LogP contribution in [0.5, 0.6) is 0 Å². The molecule has 100 valence electrons. The summed E-state index contributed by atoms with van der Waals surface area (Å²) in [5.41, 5.74) is 0. The molecule has 17 heavy (non-hydrogen) atoms. The quantitative estimate of drug-likeness (QED) is 0.198. The van der Waals surface area contributed by atoms with Crippen molar-refractivity contribution in [2.75, 3.05) is 6.61 Å². The van der Waals surface area contributed by atoms with Gasteiger partial charge in [-0.15, -0.1) is 11.6 Å². The Balaban J connectivity index is 3.48. The lowest BCUT2D eigenvalue weighted by Crippen LogP contribution is -2.18. The Labute approximate surface area is 109 Å². The molecule has 0 bridgehead atoms. The van der Waals surface area contributed by atoms with Crippen molar-refractivity contribution in [3.63, 3.8) is 0 Å². The van der Waals surface area contributed by atoms with E-state index in [-0.39, 0.29) is 5.38 Å². The van der Waals surface area contributed by atoms with Gasteiger partial charge in [0.05, 0.1) is 6.61 Å². The van der Waals surface area contributed by atoms with Gasteiger partial charge >= 0.3 is 5.97 Å². The maximum Gasteiger partial charge on any atom is 0.332 e. The lowest BCUT2D eigenvalue weighted by Gasteiger charge is -2.14. The van der Waals surface area contributed by atoms with Gasteiger partial charge < -0.3 is 9.47 Å². The van der Waals surface area contributed by atoms with Crippen LogP contribution in [0.2, 0.25) is 0 Å². The van der Waals surface area contributed by atoms with Crippen LogP contribution in [-0.4, -0.2) is 24.2 Å². The van der Waals surface area contributed by atoms with Gasteiger partial charge in [0.2, 0.25) is 0 Å². The van der Waals surface area contributed by atoms with Crippen LogP contribution in [0.15, 0.2) is 12.7 Å². The third kappa shape index (κ3) is 10.3. The van der Waals surface area contributed by atoms with Gasteiger partial charge in [-0.2, -0.15) is 0 Å². The molecule has 2 atom stereocenters. The minimum Gasteiger partial charge on any atom is -0.433 e. The fraction of sp³-hybridized carbons (Fsp3) is 0.769. The molecule has 0 saturated heterocycles. The Bertz CT molecular complexity index is 219. The number of unbranched alkanes of at least 4 members (excludes halogenated alkanes) is 2. The van der Waals surface area contributed by atoms with Crippen molar-refractivity contribution in [3.8, 4) is 0 Å². The van der Waals surface area contributed by atoms with E-state index in [2.05, 4.69) is 13.5 Å². The number of carbonyl (C=O) groups excluding carboxylic acids is 1. The average molecular weight is 263 g/mol. The van der Waals surface area contributed by atoms with Crippen molar-refractivity contribution in [3.05, 3.63) is 12.7 Å². The monoisotopic (exact) mass is 262 g/mol. The highest BCUT2D eigenvalue weighted by molar-refractivity contribution is 6.20. The summed E-state index contributed by atoms with van der Waals surface area (Å²) in [7, 11) is 0. The molecule has 2 unspecified atom stereocenters. The van der Waals surface area contributed by atoms with Crippen molar-refractivity contribution in [1.29, 1.82) is 0 Å². The number of alkyl halides is 1. The standard InChI is InChI=1S/C13H23ClO3/c1-4-6-7-8-12(14)9-10-16-11(3)17-13(15)5-2/h5,11-12H,2,4,6-10H2,1,3H3. The van der Waals surface area contributed by atoms with Gasteiger partial charge in [0, 0.05) is 11.5 Å². The molecule has 0 aromatic heterocycles. The summed E-state index contributed by atoms with van der Waals surface area (Å²) in [6.07, 6.45) is 5.95. The predicted molar refractivity (Wildman–Crippen MR) is 70.1 cm³/mol. The molecule has 0 N–H and O–H groups in total. The topological polar surface area (TPSA) is 35.5 Å². The van der Waals surface area contributed by atoms with Gasteiger partial charge in [-0.1, -0.05) is 32.8 Å². The molecule has 0 fully saturated rings. The molecule has 3 nitrogen and oxygen atoms in total. The molecule has 0 aromatic carbocycles. The van der Waals surface area contributed by atoms with Crippen LogP contribution in [0.3, 0.4) is 0 Å². The number of halogens is 1. The van der Waals surface area contributed by atoms with Gasteiger partial charge in [-0.3, -0.25) is 0 Å². The maximum atomic E-state index is 10.8. The van der Waals surface area contributed by atoms with Gasteiger partial charge in [-0.25, -0.2) is 4.79 Å². The number of hydrogen-bond acceptors (Lipinski definition) is 3. The highest BCUT2D eigenvalue weighted by Gasteiger charge is 2.08. The van der Waals surface area contributed by atoms with Crippen molar-refractivity contribution < 1.29 is 14.3 Å². The van der Waals surface area contributed by atoms with Crippen LogP contribution in [0.25, 0.3) is 0 Å². The Morgan fingerprint density at radius 2 is 2.12 bits per heavy atom. The summed E-state index contributed by atoms with van der Waals surface area (Å²) in [6, 6.07) is 0. The summed E-state index contributed by atoms with van der Waals surface area (Å²) >= 11 is 6.13. The van der Waals surface area contributed by atoms with E-state index in [0.717, 1.165) is 25.3 Å². The first-order valence-corrected chi connectivity index (χ1v) is 6.62. The van der Waals surface area contributed by atoms with E-state index in [1.807, 2.05) is 0 Å². The van der Waals surface area contributed by atoms with E-state index in [1.54, 1.807) is 6.92 Å². The molecule has 0 amide bonds. The minimum atomic E-state index is -0.542. The fourth-order valence-corrected chi connectivity index (χ4v) is 1.61. The number of rotatable bonds is 10. The first-order chi connectivity index (χ1) is 8.10. The third-order valence-electron chi connectivity index (χ3n) is 2.35. The molecule has 0 spiro atoms. The van der Waals surface area contributed by atoms with Gasteiger partial charge in [0.25, 0.3) is 0 Å². The van der Waals surface area contributed by atoms with Crippen LogP contribution in [0.4, 0.5) is 0 Å². The number of esters is 1. The van der Waals surface area contributed by atoms with Gasteiger partial charge in [0.15, 0.2) is 6.29 Å². The maximum absolute atomic E-state index is 10.8. The molecule has 0 rings (SSSR count). The first-order valence-electron chi connectivity index (χ1n) is 6.18. The Morgan fingerprint density at radius 1 is 1.41 bits per heavy atom. The third-order valence-corrected chi connectivity index (χ3v) is 2.79. The molecule has 0 aliphatic rings. The second-order valence-corrected chi connectivity index (χ2v) is 4.58. The molecule has 0 saturated carbocycles. The van der Waals surface area contributed by atoms with Crippen LogP contribution >= 0.6 is 11.6 Å². The van der Waals surface area contributed by atoms with Gasteiger partial charge in [0.1, 0.15) is 0 Å². The van der Waals surface area contributed by atoms with Crippen LogP contribution in [0.1, 0.15) is 46.0 Å². The Morgan fingerprint density at radius 3 is 2.71 bits per heavy atom. The van der Waals surface area contributed by atoms with Crippen molar-refractivity contribution in [2.24, 2.45) is 0 Å². The molecular formula is C13H23ClO3. The van der Waals surface area contributed by atoms with E-state index in [1.165, 1.54) is 12.8 Å². The predicted octanol–water partition coefficient (Wildman–Crippen LogP) is 3.66. The van der Waals surface area contributed by atoms with E-state index in [0.29, 0.717) is 6.61 Å². The van der Waals surface area contributed by atoms with E-state index in [4.69, 9.17) is 21.1 Å². The molecule has 0 radical (unpaired) electrons. The molecule has 0 aliphatic carbocycles. The zero-order chi connectivity index (χ0) is 13.1. The second kappa shape index (κ2) is 10.6. The average Bonchev–Trinajstić information content (AvgIpc) is 2.29. The summed E-state index contributed by atoms with van der Waals surface area (Å²) in [5.74, 6) is -0.470. The van der Waals surface area contributed by atoms with Crippen molar-refractivity contribution in [2.45, 2.75) is 57.6 Å². The highest BCUT2D eigenvalue weighted by atomic mass is 35.5. The zero-order valence-corrected chi connectivity index (χ0v) is 11.5. The van der Waals surface area contributed by atoms with Crippen LogP contribution < -0.4 is 0 Å². The largest absolute Gasteiger partial charge is 0.433 e. The SMILES string of the molecule is C=CC(=O)OC(C)OCCC(Cl)CCCCC. The molecular weight excluding hydrogens is 240 g/mol. The van der Waals surface area contributed by atoms with Crippen LogP contribution in [-0.2, 0) is 14.3 Å². The van der Waals surface area contributed by atoms with Crippen LogP contribution in [0, 0.1) is 0 Å². The first kappa shape index (κ1) is 16.5. The van der Waals surface area contributed by atoms with Crippen molar-refractivity contribution >= 4 is 17.6 Å². The fourth-order valence-electron chi connectivity index (χ4n) is 1.37. The lowest BCUT2D eigenvalue weighted by molar-refractivity contribution is -0.168. The molecule has 0 aliphatic heterocycles. The summed E-state index contributed by atoms with van der Waals surface area (Å²) < 4.78 is 10.2. The molecule has 4 heteroatoms. The smallest absolute Gasteiger partial charge is 0.332 e. The van der Waals surface area contributed by atoms with E-state index in [9.17, 15) is 4.79 Å². The van der Waals surface area contributed by atoms with Gasteiger partial charge in [-0.05, 0) is 19.8 Å². The Kier molecular flexibility index (Phi) is 10.3. The molecule has 0 aromatic rings. The summed E-state index contributed by atoms with van der Waals surface area (Å²) in [4.78, 5) is 10.8. The van der Waals surface area contributed by atoms with E-state index < -0.39 is 12.3 Å². The zero-order valence-electron chi connectivity index (χ0n) is 10.8. The number of ether oxygens (including phenoxy) is 2. The van der Waals surface area contributed by atoms with Crippen molar-refractivity contribution in [1.82, 2.24) is 0 Å². The Hall–Kier alpha value is -0.540. The molecule has 0 heterocycles. The lowest BCUT2D eigenvalue weighted by atomic mass is 10.1. The summed E-state index contributed by atoms with van der Waals surface area (Å²) in [6.45, 7) is 7.67. The van der Waals surface area contributed by atoms with E-state index >= 15 is 0 Å².